The number of likely N-dealkylation sites (N-methyl/N-ethyl adjacent to an activating group) is 1. The maximum atomic E-state index is 6.19. The van der Waals surface area contributed by atoms with Crippen LogP contribution in [0.15, 0.2) is 36.4 Å². The molecule has 2 rings (SSSR count). The molecule has 1 aromatic carbocycles. The summed E-state index contributed by atoms with van der Waals surface area (Å²) in [5.41, 5.74) is 7.34. The molecule has 2 aromatic rings. The number of thiophene rings is 1. The number of halogens is 1. The van der Waals surface area contributed by atoms with Gasteiger partial charge in [0.15, 0.2) is 0 Å². The highest BCUT2D eigenvalue weighted by molar-refractivity contribution is 7.16. The first kappa shape index (κ1) is 16.3. The molecule has 5 heteroatoms. The predicted molar refractivity (Wildman–Crippen MR) is 90.2 cm³/mol. The van der Waals surface area contributed by atoms with Crippen LogP contribution in [0.5, 0.6) is 5.75 Å². The van der Waals surface area contributed by atoms with Gasteiger partial charge in [-0.3, -0.25) is 4.90 Å². The van der Waals surface area contributed by atoms with Crippen LogP contribution in [0.1, 0.15) is 23.4 Å². The summed E-state index contributed by atoms with van der Waals surface area (Å²) < 4.78 is 6.21. The standard InChI is InChI=1S/C16H21ClN2OS/c1-11(18)16(14-8-9-15(17)21-14)19(2)10-12-6-4-5-7-13(12)20-3/h4-9,11,16H,10,18H2,1-3H3. The van der Waals surface area contributed by atoms with Crippen molar-refractivity contribution < 1.29 is 4.74 Å². The lowest BCUT2D eigenvalue weighted by molar-refractivity contribution is 0.211. The Bertz CT molecular complexity index is 585. The Labute approximate surface area is 135 Å². The molecule has 0 aliphatic rings. The second-order valence-corrected chi connectivity index (χ2v) is 6.92. The highest BCUT2D eigenvalue weighted by atomic mass is 35.5. The Morgan fingerprint density at radius 3 is 2.57 bits per heavy atom. The van der Waals surface area contributed by atoms with Crippen molar-refractivity contribution in [2.24, 2.45) is 5.73 Å². The zero-order valence-corrected chi connectivity index (χ0v) is 14.1. The molecule has 0 aliphatic heterocycles. The molecule has 0 spiro atoms. The molecular formula is C16H21ClN2OS. The monoisotopic (exact) mass is 324 g/mol. The Morgan fingerprint density at radius 2 is 2.00 bits per heavy atom. The topological polar surface area (TPSA) is 38.5 Å². The quantitative estimate of drug-likeness (QED) is 0.875. The predicted octanol–water partition coefficient (Wildman–Crippen LogP) is 3.93. The molecule has 2 atom stereocenters. The van der Waals surface area contributed by atoms with E-state index in [1.165, 1.54) is 4.88 Å². The van der Waals surface area contributed by atoms with Crippen molar-refractivity contribution in [3.63, 3.8) is 0 Å². The summed E-state index contributed by atoms with van der Waals surface area (Å²) >= 11 is 7.65. The zero-order valence-electron chi connectivity index (χ0n) is 12.5. The SMILES string of the molecule is COc1ccccc1CN(C)C(c1ccc(Cl)s1)C(C)N. The number of hydrogen-bond donors (Lipinski definition) is 1. The van der Waals surface area contributed by atoms with Crippen LogP contribution in [0.4, 0.5) is 0 Å². The van der Waals surface area contributed by atoms with Gasteiger partial charge in [0.25, 0.3) is 0 Å². The van der Waals surface area contributed by atoms with Crippen LogP contribution in [0.2, 0.25) is 4.34 Å². The maximum absolute atomic E-state index is 6.19. The molecule has 0 saturated heterocycles. The number of para-hydroxylation sites is 1. The van der Waals surface area contributed by atoms with Crippen LogP contribution in [0.3, 0.4) is 0 Å². The maximum Gasteiger partial charge on any atom is 0.123 e. The highest BCUT2D eigenvalue weighted by Gasteiger charge is 2.23. The lowest BCUT2D eigenvalue weighted by Gasteiger charge is -2.30. The van der Waals surface area contributed by atoms with E-state index in [-0.39, 0.29) is 12.1 Å². The van der Waals surface area contributed by atoms with Crippen molar-refractivity contribution in [2.75, 3.05) is 14.2 Å². The number of nitrogens with two attached hydrogens (primary N) is 1. The van der Waals surface area contributed by atoms with Crippen molar-refractivity contribution >= 4 is 22.9 Å². The van der Waals surface area contributed by atoms with Crippen LogP contribution >= 0.6 is 22.9 Å². The molecular weight excluding hydrogens is 304 g/mol. The van der Waals surface area contributed by atoms with Crippen molar-refractivity contribution in [1.82, 2.24) is 4.90 Å². The fourth-order valence-electron chi connectivity index (χ4n) is 2.57. The van der Waals surface area contributed by atoms with E-state index in [9.17, 15) is 0 Å². The van der Waals surface area contributed by atoms with Gasteiger partial charge in [-0.15, -0.1) is 11.3 Å². The van der Waals surface area contributed by atoms with Crippen molar-refractivity contribution in [3.8, 4) is 5.75 Å². The van der Waals surface area contributed by atoms with Gasteiger partial charge in [-0.2, -0.15) is 0 Å². The van der Waals surface area contributed by atoms with Crippen LogP contribution in [-0.4, -0.2) is 25.1 Å². The van der Waals surface area contributed by atoms with Crippen LogP contribution in [-0.2, 0) is 6.54 Å². The molecule has 0 bridgehead atoms. The van der Waals surface area contributed by atoms with E-state index in [0.29, 0.717) is 0 Å². The van der Waals surface area contributed by atoms with E-state index < -0.39 is 0 Å². The number of nitrogens with zero attached hydrogens (tertiary/aromatic N) is 1. The van der Waals surface area contributed by atoms with E-state index in [2.05, 4.69) is 24.1 Å². The average molecular weight is 325 g/mol. The van der Waals surface area contributed by atoms with E-state index in [1.54, 1.807) is 18.4 Å². The van der Waals surface area contributed by atoms with Crippen molar-refractivity contribution in [1.29, 1.82) is 0 Å². The van der Waals surface area contributed by atoms with Gasteiger partial charge in [0.05, 0.1) is 17.5 Å². The minimum Gasteiger partial charge on any atom is -0.496 e. The summed E-state index contributed by atoms with van der Waals surface area (Å²) in [6.45, 7) is 2.79. The van der Waals surface area contributed by atoms with Crippen molar-refractivity contribution in [3.05, 3.63) is 51.2 Å². The second kappa shape index (κ2) is 7.27. The smallest absolute Gasteiger partial charge is 0.123 e. The van der Waals surface area contributed by atoms with E-state index >= 15 is 0 Å². The lowest BCUT2D eigenvalue weighted by atomic mass is 10.1. The zero-order chi connectivity index (χ0) is 15.4. The summed E-state index contributed by atoms with van der Waals surface area (Å²) in [5.74, 6) is 0.900. The van der Waals surface area contributed by atoms with Crippen LogP contribution < -0.4 is 10.5 Å². The molecule has 3 nitrogen and oxygen atoms in total. The van der Waals surface area contributed by atoms with Crippen LogP contribution in [0, 0.1) is 0 Å². The molecule has 1 heterocycles. The number of rotatable bonds is 6. The first-order chi connectivity index (χ1) is 10.0. The summed E-state index contributed by atoms with van der Waals surface area (Å²) in [6, 6.07) is 12.2. The molecule has 0 radical (unpaired) electrons. The van der Waals surface area contributed by atoms with E-state index in [0.717, 1.165) is 22.2 Å². The molecule has 0 fully saturated rings. The first-order valence-electron chi connectivity index (χ1n) is 6.86. The Balaban J connectivity index is 2.21. The third kappa shape index (κ3) is 3.98. The van der Waals surface area contributed by atoms with Gasteiger partial charge in [-0.1, -0.05) is 29.8 Å². The summed E-state index contributed by atoms with van der Waals surface area (Å²) in [6.07, 6.45) is 0. The van der Waals surface area contributed by atoms with Gasteiger partial charge in [0.2, 0.25) is 0 Å². The Kier molecular flexibility index (Phi) is 5.65. The van der Waals surface area contributed by atoms with Gasteiger partial charge in [0, 0.05) is 23.0 Å². The molecule has 21 heavy (non-hydrogen) atoms. The molecule has 0 aliphatic carbocycles. The normalized spacial score (nSPS) is 14.2. The third-order valence-electron chi connectivity index (χ3n) is 3.47. The molecule has 2 N–H and O–H groups in total. The summed E-state index contributed by atoms with van der Waals surface area (Å²) in [5, 5.41) is 0. The molecule has 1 aromatic heterocycles. The number of hydrogen-bond acceptors (Lipinski definition) is 4. The summed E-state index contributed by atoms with van der Waals surface area (Å²) in [7, 11) is 3.77. The second-order valence-electron chi connectivity index (χ2n) is 5.17. The number of benzene rings is 1. The lowest BCUT2D eigenvalue weighted by Crippen LogP contribution is -2.36. The molecule has 0 amide bonds. The molecule has 114 valence electrons. The van der Waals surface area contributed by atoms with Gasteiger partial charge in [0.1, 0.15) is 5.75 Å². The number of methoxy groups -OCH3 is 1. The largest absolute Gasteiger partial charge is 0.496 e. The minimum atomic E-state index is 0.0134. The Hall–Kier alpha value is -1.07. The molecule has 2 unspecified atom stereocenters. The highest BCUT2D eigenvalue weighted by Crippen LogP contribution is 2.33. The third-order valence-corrected chi connectivity index (χ3v) is 4.77. The van der Waals surface area contributed by atoms with Crippen LogP contribution in [0.25, 0.3) is 0 Å². The minimum absolute atomic E-state index is 0.0134. The summed E-state index contributed by atoms with van der Waals surface area (Å²) in [4.78, 5) is 3.43. The average Bonchev–Trinajstić information content (AvgIpc) is 2.85. The van der Waals surface area contributed by atoms with Gasteiger partial charge in [-0.05, 0) is 32.2 Å². The van der Waals surface area contributed by atoms with Gasteiger partial charge < -0.3 is 10.5 Å². The Morgan fingerprint density at radius 1 is 1.29 bits per heavy atom. The van der Waals surface area contributed by atoms with Crippen molar-refractivity contribution in [2.45, 2.75) is 25.6 Å². The first-order valence-corrected chi connectivity index (χ1v) is 8.05. The van der Waals surface area contributed by atoms with E-state index in [1.807, 2.05) is 31.2 Å². The fraction of sp³-hybridized carbons (Fsp3) is 0.375. The number of ether oxygens (including phenoxy) is 1. The fourth-order valence-corrected chi connectivity index (χ4v) is 3.91. The van der Waals surface area contributed by atoms with E-state index in [4.69, 9.17) is 22.1 Å². The van der Waals surface area contributed by atoms with Gasteiger partial charge in [-0.25, -0.2) is 0 Å². The molecule has 0 saturated carbocycles. The van der Waals surface area contributed by atoms with Gasteiger partial charge >= 0.3 is 0 Å².